The number of hydrogen-bond acceptors (Lipinski definition) is 20. The maximum Gasteiger partial charge on any atom is 0.348 e. The molecule has 22 nitrogen and oxygen atoms in total. The number of aliphatic hydroxyl groups is 6. The van der Waals surface area contributed by atoms with E-state index in [2.05, 4.69) is 16.0 Å². The third kappa shape index (κ3) is 15.8. The highest BCUT2D eigenvalue weighted by atomic mass is 32.2. The molecule has 3 rings (SSSR count). The molecule has 2 saturated heterocycles. The van der Waals surface area contributed by atoms with Gasteiger partial charge in [0.2, 0.25) is 16.7 Å². The molecule has 2 fully saturated rings. The number of halogens is 1. The summed E-state index contributed by atoms with van der Waals surface area (Å²) >= 11 is 2.13. The summed E-state index contributed by atoms with van der Waals surface area (Å²) in [5.41, 5.74) is -0.130. The number of hydrogen-bond donors (Lipinski definition) is 9. The SMILES string of the molecule is COC(=O)[C@@]1(SC[C@H]2O[C@H](OCCCSCCNC(=O)CCCCC(=O)Oc3ccc([N+](=O)[O-])cc3)[C@H](NC(C)=O)[C@@H](O)[C@H]2O)C[C@H](O)[C@@H](NC(=O)CF)[C@H]([C@H](O)[C@H](O)CO)O1. The van der Waals surface area contributed by atoms with Crippen LogP contribution in [0.1, 0.15) is 45.4 Å². The van der Waals surface area contributed by atoms with Gasteiger partial charge < -0.3 is 70.3 Å². The number of nitro benzene ring substituents is 1. The van der Waals surface area contributed by atoms with E-state index in [0.717, 1.165) is 7.11 Å². The van der Waals surface area contributed by atoms with Crippen LogP contribution in [0.5, 0.6) is 5.75 Å². The Morgan fingerprint density at radius 1 is 1.00 bits per heavy atom. The summed E-state index contributed by atoms with van der Waals surface area (Å²) in [7, 11) is 0.999. The van der Waals surface area contributed by atoms with Gasteiger partial charge in [-0.3, -0.25) is 29.3 Å². The number of thioether (sulfide) groups is 2. The molecule has 1 aromatic rings. The van der Waals surface area contributed by atoms with E-state index in [1.807, 2.05) is 0 Å². The molecular weight excluding hydrogens is 872 g/mol. The van der Waals surface area contributed by atoms with Gasteiger partial charge in [-0.25, -0.2) is 9.18 Å². The first kappa shape index (κ1) is 52.6. The van der Waals surface area contributed by atoms with E-state index in [9.17, 15) is 69.1 Å². The maximum atomic E-state index is 13.2. The van der Waals surface area contributed by atoms with Crippen molar-refractivity contribution in [1.82, 2.24) is 16.0 Å². The zero-order valence-corrected chi connectivity index (χ0v) is 35.6. The van der Waals surface area contributed by atoms with Crippen molar-refractivity contribution in [2.45, 2.75) is 111 Å². The monoisotopic (exact) mass is 926 g/mol. The third-order valence-corrected chi connectivity index (χ3v) is 12.0. The first-order valence-corrected chi connectivity index (χ1v) is 21.7. The summed E-state index contributed by atoms with van der Waals surface area (Å²) in [6.07, 6.45) is -12.4. The maximum absolute atomic E-state index is 13.2. The van der Waals surface area contributed by atoms with Crippen LogP contribution >= 0.6 is 23.5 Å². The molecule has 3 amide bonds. The second kappa shape index (κ2) is 26.1. The molecule has 1 aromatic carbocycles. The van der Waals surface area contributed by atoms with E-state index in [4.69, 9.17) is 23.7 Å². The minimum atomic E-state index is -2.20. The van der Waals surface area contributed by atoms with Crippen LogP contribution in [0.2, 0.25) is 0 Å². The van der Waals surface area contributed by atoms with Gasteiger partial charge in [-0.05, 0) is 37.1 Å². The van der Waals surface area contributed by atoms with Crippen LogP contribution in [0.3, 0.4) is 0 Å². The lowest BCUT2D eigenvalue weighted by molar-refractivity contribution is -0.384. The fourth-order valence-corrected chi connectivity index (χ4v) is 8.57. The van der Waals surface area contributed by atoms with E-state index < -0.39 is 114 Å². The lowest BCUT2D eigenvalue weighted by atomic mass is 9.89. The van der Waals surface area contributed by atoms with Crippen LogP contribution in [0.15, 0.2) is 24.3 Å². The Bertz CT molecular complexity index is 1640. The predicted octanol–water partition coefficient (Wildman–Crippen LogP) is -1.81. The van der Waals surface area contributed by atoms with Crippen molar-refractivity contribution in [1.29, 1.82) is 0 Å². The topological polar surface area (TPSA) is 332 Å². The molecule has 11 atom stereocenters. The van der Waals surface area contributed by atoms with Gasteiger partial charge in [0.15, 0.2) is 13.0 Å². The number of alkyl halides is 1. The van der Waals surface area contributed by atoms with E-state index in [1.54, 1.807) is 0 Å². The number of benzene rings is 1. The highest BCUT2D eigenvalue weighted by Crippen LogP contribution is 2.42. The molecule has 0 unspecified atom stereocenters. The van der Waals surface area contributed by atoms with Crippen molar-refractivity contribution >= 4 is 58.9 Å². The van der Waals surface area contributed by atoms with Crippen molar-refractivity contribution < 1.29 is 87.6 Å². The molecule has 2 heterocycles. The zero-order valence-electron chi connectivity index (χ0n) is 34.0. The van der Waals surface area contributed by atoms with Crippen LogP contribution < -0.4 is 20.7 Å². The van der Waals surface area contributed by atoms with E-state index in [0.29, 0.717) is 49.1 Å². The fraction of sp³-hybridized carbons (Fsp3) is 0.703. The van der Waals surface area contributed by atoms with Crippen molar-refractivity contribution in [3.8, 4) is 5.75 Å². The summed E-state index contributed by atoms with van der Waals surface area (Å²) in [4.78, 5) is 69.4. The Labute approximate surface area is 364 Å². The van der Waals surface area contributed by atoms with Crippen molar-refractivity contribution in [2.24, 2.45) is 0 Å². The summed E-state index contributed by atoms with van der Waals surface area (Å²) in [6, 6.07) is 2.32. The molecule has 0 bridgehead atoms. The van der Waals surface area contributed by atoms with Gasteiger partial charge in [-0.15, -0.1) is 11.8 Å². The smallest absolute Gasteiger partial charge is 0.348 e. The first-order valence-electron chi connectivity index (χ1n) is 19.6. The normalized spacial score (nSPS) is 27.0. The molecule has 0 spiro atoms. The van der Waals surface area contributed by atoms with Crippen molar-refractivity contribution in [3.05, 3.63) is 34.4 Å². The number of esters is 2. The molecule has 2 aliphatic rings. The number of nitro groups is 1. The molecule has 0 radical (unpaired) electrons. The molecule has 9 N–H and O–H groups in total. The van der Waals surface area contributed by atoms with Gasteiger partial charge in [0.25, 0.3) is 11.6 Å². The number of methoxy groups -OCH3 is 1. The van der Waals surface area contributed by atoms with Gasteiger partial charge in [-0.2, -0.15) is 11.8 Å². The van der Waals surface area contributed by atoms with E-state index >= 15 is 0 Å². The number of non-ortho nitro benzene ring substituents is 1. The van der Waals surface area contributed by atoms with Gasteiger partial charge in [-0.1, -0.05) is 0 Å². The summed E-state index contributed by atoms with van der Waals surface area (Å²) in [5, 5.41) is 81.7. The van der Waals surface area contributed by atoms with Gasteiger partial charge in [0.1, 0.15) is 42.3 Å². The van der Waals surface area contributed by atoms with E-state index in [1.165, 1.54) is 43.0 Å². The van der Waals surface area contributed by atoms with Crippen LogP contribution in [-0.4, -0.2) is 182 Å². The number of ether oxygens (including phenoxy) is 5. The minimum absolute atomic E-state index is 0.0633. The minimum Gasteiger partial charge on any atom is -0.466 e. The Morgan fingerprint density at radius 3 is 2.32 bits per heavy atom. The lowest BCUT2D eigenvalue weighted by Crippen LogP contribution is -2.67. The van der Waals surface area contributed by atoms with Crippen LogP contribution in [0, 0.1) is 10.1 Å². The third-order valence-electron chi connectivity index (χ3n) is 9.59. The van der Waals surface area contributed by atoms with Crippen molar-refractivity contribution in [3.63, 3.8) is 0 Å². The molecule has 25 heteroatoms. The number of carbonyl (C=O) groups excluding carboxylic acids is 5. The van der Waals surface area contributed by atoms with Gasteiger partial charge in [0, 0.05) is 56.4 Å². The van der Waals surface area contributed by atoms with Crippen LogP contribution in [0.4, 0.5) is 10.1 Å². The highest BCUT2D eigenvalue weighted by Gasteiger charge is 2.56. The van der Waals surface area contributed by atoms with E-state index in [-0.39, 0.29) is 42.5 Å². The van der Waals surface area contributed by atoms with Crippen LogP contribution in [-0.2, 0) is 42.9 Å². The quantitative estimate of drug-likeness (QED) is 0.0172. The Morgan fingerprint density at radius 2 is 1.69 bits per heavy atom. The summed E-state index contributed by atoms with van der Waals surface area (Å²) in [6.45, 7) is -0.875. The number of aliphatic hydroxyl groups excluding tert-OH is 6. The van der Waals surface area contributed by atoms with Gasteiger partial charge in [0.05, 0.1) is 43.5 Å². The predicted molar refractivity (Wildman–Crippen MR) is 216 cm³/mol. The Hall–Kier alpha value is -3.76. The number of nitrogens with one attached hydrogen (secondary N) is 3. The lowest BCUT2D eigenvalue weighted by Gasteiger charge is -2.48. The standard InChI is InChI=1S/C37H55FN4O18S2/c1-20(44)40-30-33(52)32(51)25(19-62-37(36(53)56-2)16-23(45)29(41-27(48)17-38)34(60-37)31(50)24(46)18-43)59-35(30)57-13-5-14-61-15-12-39-26(47)6-3-4-7-28(49)58-22-10-8-21(9-11-22)42(54)55/h8-11,23-25,29-35,43,45-46,50-52H,3-7,12-19H2,1-2H3,(H,39,47)(H,40,44)(H,41,48)/t23-,24+,25+,29+,30+,31+,32-,33+,34+,35-,37-/m0/s1. The molecule has 62 heavy (non-hydrogen) atoms. The highest BCUT2D eigenvalue weighted by molar-refractivity contribution is 8.01. The number of unbranched alkanes of at least 4 members (excludes halogenated alkanes) is 1. The average Bonchev–Trinajstić information content (AvgIpc) is 3.24. The zero-order chi connectivity index (χ0) is 46.0. The molecule has 0 aliphatic carbocycles. The molecular formula is C37H55FN4O18S2. The molecule has 0 saturated carbocycles. The largest absolute Gasteiger partial charge is 0.466 e. The fourth-order valence-electron chi connectivity index (χ4n) is 6.42. The number of nitrogens with zero attached hydrogens (tertiary/aromatic N) is 1. The molecule has 0 aromatic heterocycles. The number of amides is 3. The molecule has 2 aliphatic heterocycles. The van der Waals surface area contributed by atoms with Crippen molar-refractivity contribution in [2.75, 3.05) is 50.8 Å². The summed E-state index contributed by atoms with van der Waals surface area (Å²) < 4.78 is 40.9. The summed E-state index contributed by atoms with van der Waals surface area (Å²) in [5.74, 6) is -2.64. The van der Waals surface area contributed by atoms with Crippen LogP contribution in [0.25, 0.3) is 0 Å². The number of carbonyl (C=O) groups is 5. The Balaban J connectivity index is 1.48. The molecule has 350 valence electrons. The second-order valence-corrected chi connectivity index (χ2v) is 16.8. The average molecular weight is 927 g/mol. The Kier molecular flexibility index (Phi) is 22.2. The van der Waals surface area contributed by atoms with Gasteiger partial charge >= 0.3 is 11.9 Å². The first-order chi connectivity index (χ1) is 29.5. The second-order valence-electron chi connectivity index (χ2n) is 14.2. The number of rotatable bonds is 25.